The Balaban J connectivity index is 1.74. The first-order valence-electron chi connectivity index (χ1n) is 6.48. The zero-order valence-corrected chi connectivity index (χ0v) is 10.1. The van der Waals surface area contributed by atoms with Crippen molar-refractivity contribution in [2.75, 3.05) is 0 Å². The summed E-state index contributed by atoms with van der Waals surface area (Å²) in [5.74, 6) is 0. The van der Waals surface area contributed by atoms with Gasteiger partial charge in [0.2, 0.25) is 0 Å². The predicted octanol–water partition coefficient (Wildman–Crippen LogP) is 1.07. The van der Waals surface area contributed by atoms with Gasteiger partial charge in [0.05, 0.1) is 0 Å². The van der Waals surface area contributed by atoms with E-state index in [1.807, 2.05) is 13.8 Å². The molecule has 4 aliphatic rings. The van der Waals surface area contributed by atoms with Gasteiger partial charge in [-0.15, -0.1) is 0 Å². The fraction of sp³-hybridized carbons (Fsp3) is 0.917. The largest absolute Gasteiger partial charge is 0.336 e. The summed E-state index contributed by atoms with van der Waals surface area (Å²) in [4.78, 5) is 14.3. The molecule has 0 saturated carbocycles. The Morgan fingerprint density at radius 3 is 2.12 bits per heavy atom. The lowest BCUT2D eigenvalue weighted by molar-refractivity contribution is -0.00216. The molecule has 0 unspecified atom stereocenters. The molecule has 0 aromatic rings. The summed E-state index contributed by atoms with van der Waals surface area (Å²) in [6.45, 7) is 4.05. The van der Waals surface area contributed by atoms with Gasteiger partial charge in [-0.3, -0.25) is 0 Å². The van der Waals surface area contributed by atoms with Crippen LogP contribution in [0.15, 0.2) is 0 Å². The van der Waals surface area contributed by atoms with Crippen LogP contribution in [0, 0.1) is 0 Å². The molecule has 0 radical (unpaired) electrons. The molecule has 0 aromatic heterocycles. The number of piperidine rings is 4. The Bertz CT molecular complexity index is 275. The van der Waals surface area contributed by atoms with Crippen molar-refractivity contribution in [3.8, 4) is 0 Å². The maximum Gasteiger partial charge on any atom is 0.318 e. The van der Waals surface area contributed by atoms with Crippen LogP contribution >= 0.6 is 0 Å². The average molecular weight is 223 g/mol. The molecule has 4 saturated heterocycles. The third kappa shape index (κ3) is 1.59. The van der Waals surface area contributed by atoms with Crippen LogP contribution in [0.1, 0.15) is 39.5 Å². The highest BCUT2D eigenvalue weighted by Crippen LogP contribution is 2.38. The molecule has 4 nitrogen and oxygen atoms in total. The molecule has 4 aliphatic heterocycles. The first-order valence-corrected chi connectivity index (χ1v) is 6.48. The smallest absolute Gasteiger partial charge is 0.318 e. The first-order chi connectivity index (χ1) is 7.63. The van der Waals surface area contributed by atoms with E-state index in [0.717, 1.165) is 25.7 Å². The molecule has 2 amide bonds. The number of rotatable bonds is 1. The number of urea groups is 1. The Kier molecular flexibility index (Phi) is 2.35. The zero-order chi connectivity index (χ0) is 11.3. The van der Waals surface area contributed by atoms with E-state index in [0.29, 0.717) is 24.2 Å². The Morgan fingerprint density at radius 2 is 1.69 bits per heavy atom. The molecule has 4 fully saturated rings. The van der Waals surface area contributed by atoms with Gasteiger partial charge in [-0.25, -0.2) is 4.79 Å². The molecule has 4 rings (SSSR count). The minimum Gasteiger partial charge on any atom is -0.336 e. The SMILES string of the molecule is CC(C)NC(=O)N1C2CC3CC1CC(C2)N3. The highest BCUT2D eigenvalue weighted by molar-refractivity contribution is 5.75. The van der Waals surface area contributed by atoms with E-state index in [-0.39, 0.29) is 12.1 Å². The summed E-state index contributed by atoms with van der Waals surface area (Å²) in [5, 5.41) is 6.69. The van der Waals surface area contributed by atoms with Crippen molar-refractivity contribution in [3.05, 3.63) is 0 Å². The van der Waals surface area contributed by atoms with Crippen LogP contribution in [0.5, 0.6) is 0 Å². The number of carbonyl (C=O) groups excluding carboxylic acids is 1. The van der Waals surface area contributed by atoms with Crippen molar-refractivity contribution < 1.29 is 4.79 Å². The van der Waals surface area contributed by atoms with Gasteiger partial charge in [-0.05, 0) is 39.5 Å². The van der Waals surface area contributed by atoms with E-state index >= 15 is 0 Å². The molecule has 90 valence electrons. The summed E-state index contributed by atoms with van der Waals surface area (Å²) in [5.41, 5.74) is 0. The van der Waals surface area contributed by atoms with Crippen LogP contribution in [-0.2, 0) is 0 Å². The molecule has 4 heterocycles. The summed E-state index contributed by atoms with van der Waals surface area (Å²) in [6.07, 6.45) is 4.61. The summed E-state index contributed by atoms with van der Waals surface area (Å²) in [7, 11) is 0. The number of nitrogens with zero attached hydrogens (tertiary/aromatic N) is 1. The molecule has 4 heteroatoms. The monoisotopic (exact) mass is 223 g/mol. The normalized spacial score (nSPS) is 40.6. The highest BCUT2D eigenvalue weighted by Gasteiger charge is 2.48. The fourth-order valence-corrected chi connectivity index (χ4v) is 3.71. The van der Waals surface area contributed by atoms with Crippen molar-refractivity contribution in [2.24, 2.45) is 0 Å². The van der Waals surface area contributed by atoms with Gasteiger partial charge in [0.1, 0.15) is 0 Å². The molecule has 2 N–H and O–H groups in total. The summed E-state index contributed by atoms with van der Waals surface area (Å²) < 4.78 is 0. The summed E-state index contributed by atoms with van der Waals surface area (Å²) >= 11 is 0. The van der Waals surface area contributed by atoms with E-state index in [9.17, 15) is 4.79 Å². The minimum absolute atomic E-state index is 0.156. The quantitative estimate of drug-likeness (QED) is 0.698. The van der Waals surface area contributed by atoms with E-state index in [2.05, 4.69) is 15.5 Å². The molecule has 0 aliphatic carbocycles. The third-order valence-corrected chi connectivity index (χ3v) is 4.13. The highest BCUT2D eigenvalue weighted by atomic mass is 16.2. The number of amides is 2. The Hall–Kier alpha value is -0.770. The lowest BCUT2D eigenvalue weighted by atomic mass is 9.75. The Morgan fingerprint density at radius 1 is 1.19 bits per heavy atom. The zero-order valence-electron chi connectivity index (χ0n) is 10.1. The van der Waals surface area contributed by atoms with Crippen LogP contribution in [0.25, 0.3) is 0 Å². The maximum atomic E-state index is 12.1. The molecule has 16 heavy (non-hydrogen) atoms. The molecule has 0 aromatic carbocycles. The molecule has 0 atom stereocenters. The van der Waals surface area contributed by atoms with Crippen molar-refractivity contribution in [1.29, 1.82) is 0 Å². The van der Waals surface area contributed by atoms with Gasteiger partial charge >= 0.3 is 6.03 Å². The van der Waals surface area contributed by atoms with Crippen LogP contribution in [0.4, 0.5) is 4.79 Å². The van der Waals surface area contributed by atoms with E-state index in [4.69, 9.17) is 0 Å². The second-order valence-corrected chi connectivity index (χ2v) is 5.82. The van der Waals surface area contributed by atoms with Crippen molar-refractivity contribution in [2.45, 2.75) is 69.7 Å². The topological polar surface area (TPSA) is 44.4 Å². The predicted molar refractivity (Wildman–Crippen MR) is 62.3 cm³/mol. The van der Waals surface area contributed by atoms with E-state index < -0.39 is 0 Å². The first kappa shape index (κ1) is 10.4. The fourth-order valence-electron chi connectivity index (χ4n) is 3.71. The lowest BCUT2D eigenvalue weighted by Gasteiger charge is -2.56. The van der Waals surface area contributed by atoms with Crippen LogP contribution in [-0.4, -0.2) is 41.1 Å². The van der Waals surface area contributed by atoms with Gasteiger partial charge in [0.15, 0.2) is 0 Å². The van der Waals surface area contributed by atoms with Gasteiger partial charge in [0, 0.05) is 30.2 Å². The standard InChI is InChI=1S/C12H21N3O/c1-7(2)13-12(16)15-10-3-8-4-11(15)6-9(5-10)14-8/h7-11,14H,3-6H2,1-2H3,(H,13,16). The van der Waals surface area contributed by atoms with E-state index in [1.54, 1.807) is 0 Å². The number of nitrogens with one attached hydrogen (secondary N) is 2. The lowest BCUT2D eigenvalue weighted by Crippen LogP contribution is -2.69. The number of hydrogen-bond acceptors (Lipinski definition) is 2. The minimum atomic E-state index is 0.156. The second kappa shape index (κ2) is 3.62. The summed E-state index contributed by atoms with van der Waals surface area (Å²) in [6, 6.07) is 2.72. The van der Waals surface area contributed by atoms with Crippen molar-refractivity contribution in [3.63, 3.8) is 0 Å². The van der Waals surface area contributed by atoms with Gasteiger partial charge in [-0.2, -0.15) is 0 Å². The molecular weight excluding hydrogens is 202 g/mol. The van der Waals surface area contributed by atoms with Gasteiger partial charge in [-0.1, -0.05) is 0 Å². The molecule has 0 spiro atoms. The second-order valence-electron chi connectivity index (χ2n) is 5.82. The third-order valence-electron chi connectivity index (χ3n) is 4.13. The van der Waals surface area contributed by atoms with Crippen LogP contribution < -0.4 is 10.6 Å². The molecular formula is C12H21N3O. The van der Waals surface area contributed by atoms with Crippen LogP contribution in [0.3, 0.4) is 0 Å². The molecule has 4 bridgehead atoms. The number of hydrogen-bond donors (Lipinski definition) is 2. The van der Waals surface area contributed by atoms with Crippen molar-refractivity contribution >= 4 is 6.03 Å². The van der Waals surface area contributed by atoms with Crippen LogP contribution in [0.2, 0.25) is 0 Å². The number of carbonyl (C=O) groups is 1. The Labute approximate surface area is 96.8 Å². The van der Waals surface area contributed by atoms with Gasteiger partial charge < -0.3 is 15.5 Å². The van der Waals surface area contributed by atoms with Gasteiger partial charge in [0.25, 0.3) is 0 Å². The maximum absolute atomic E-state index is 12.1. The van der Waals surface area contributed by atoms with Crippen molar-refractivity contribution in [1.82, 2.24) is 15.5 Å². The average Bonchev–Trinajstić information content (AvgIpc) is 2.13. The van der Waals surface area contributed by atoms with E-state index in [1.165, 1.54) is 0 Å².